The first-order valence-electron chi connectivity index (χ1n) is 9.67. The first kappa shape index (κ1) is 22.2. The maximum Gasteiger partial charge on any atom is 0.143 e. The molecule has 1 heterocycles. The highest BCUT2D eigenvalue weighted by molar-refractivity contribution is 6.36. The van der Waals surface area contributed by atoms with E-state index in [4.69, 9.17) is 49.9 Å². The molecule has 0 unspecified atom stereocenters. The van der Waals surface area contributed by atoms with Crippen molar-refractivity contribution in [1.82, 2.24) is 4.98 Å². The summed E-state index contributed by atoms with van der Waals surface area (Å²) < 4.78 is 5.82. The van der Waals surface area contributed by atoms with E-state index in [1.165, 1.54) is 6.21 Å². The summed E-state index contributed by atoms with van der Waals surface area (Å²) in [5, 5.41) is 13.0. The molecule has 0 aliphatic heterocycles. The second kappa shape index (κ2) is 9.61. The van der Waals surface area contributed by atoms with E-state index in [0.29, 0.717) is 49.0 Å². The van der Waals surface area contributed by atoms with Crippen LogP contribution in [0.25, 0.3) is 22.4 Å². The number of methoxy groups -OCH3 is 1. The molecule has 0 aliphatic carbocycles. The van der Waals surface area contributed by atoms with E-state index in [1.54, 1.807) is 31.4 Å². The quantitative estimate of drug-likeness (QED) is 0.273. The van der Waals surface area contributed by atoms with Gasteiger partial charge in [0.25, 0.3) is 0 Å². The summed E-state index contributed by atoms with van der Waals surface area (Å²) in [6.07, 6.45) is 1.23. The van der Waals surface area contributed by atoms with Crippen molar-refractivity contribution in [2.24, 2.45) is 0 Å². The molecular formula is C25H18Cl3N3O. The predicted molar refractivity (Wildman–Crippen MR) is 134 cm³/mol. The van der Waals surface area contributed by atoms with Crippen LogP contribution in [0.2, 0.25) is 15.1 Å². The fourth-order valence-corrected chi connectivity index (χ4v) is 4.06. The molecule has 0 atom stereocenters. The lowest BCUT2D eigenvalue weighted by molar-refractivity contribution is 0.416. The Hall–Kier alpha value is -3.05. The molecule has 0 saturated heterocycles. The number of anilines is 2. The van der Waals surface area contributed by atoms with Crippen molar-refractivity contribution < 1.29 is 4.74 Å². The van der Waals surface area contributed by atoms with Crippen LogP contribution in [0.15, 0.2) is 72.8 Å². The summed E-state index contributed by atoms with van der Waals surface area (Å²) in [5.41, 5.74) is 4.15. The molecule has 0 fully saturated rings. The van der Waals surface area contributed by atoms with Gasteiger partial charge in [-0.25, -0.2) is 4.98 Å². The number of para-hydroxylation sites is 1. The molecule has 4 aromatic rings. The van der Waals surface area contributed by atoms with Crippen molar-refractivity contribution in [3.05, 3.63) is 93.4 Å². The Labute approximate surface area is 201 Å². The largest absolute Gasteiger partial charge is 0.495 e. The molecule has 0 aliphatic rings. The number of rotatable bonds is 6. The van der Waals surface area contributed by atoms with Gasteiger partial charge in [-0.1, -0.05) is 65.1 Å². The highest BCUT2D eigenvalue weighted by Gasteiger charge is 2.23. The Morgan fingerprint density at radius 1 is 0.906 bits per heavy atom. The van der Waals surface area contributed by atoms with Crippen LogP contribution < -0.4 is 10.1 Å². The number of nitrogens with zero attached hydrogens (tertiary/aromatic N) is 1. The number of ether oxygens (including phenoxy) is 1. The van der Waals surface area contributed by atoms with Crippen LogP contribution in [-0.4, -0.2) is 18.3 Å². The molecule has 0 saturated carbocycles. The second-order valence-corrected chi connectivity index (χ2v) is 8.18. The van der Waals surface area contributed by atoms with E-state index in [1.807, 2.05) is 48.5 Å². The molecule has 0 bridgehead atoms. The first-order chi connectivity index (χ1) is 15.5. The average Bonchev–Trinajstić information content (AvgIpc) is 2.80. The minimum absolute atomic E-state index is 0.454. The van der Waals surface area contributed by atoms with Crippen molar-refractivity contribution in [1.29, 1.82) is 5.41 Å². The molecule has 0 amide bonds. The molecule has 7 heteroatoms. The molecule has 3 aromatic carbocycles. The Morgan fingerprint density at radius 2 is 1.59 bits per heavy atom. The number of aromatic nitrogens is 1. The summed E-state index contributed by atoms with van der Waals surface area (Å²) >= 11 is 18.8. The molecule has 160 valence electrons. The number of nitrogens with one attached hydrogen (secondary N) is 2. The van der Waals surface area contributed by atoms with Gasteiger partial charge in [0.15, 0.2) is 0 Å². The number of halogens is 3. The minimum Gasteiger partial charge on any atom is -0.495 e. The van der Waals surface area contributed by atoms with Crippen LogP contribution in [0.3, 0.4) is 0 Å². The van der Waals surface area contributed by atoms with Crippen LogP contribution in [-0.2, 0) is 0 Å². The molecule has 4 rings (SSSR count). The Morgan fingerprint density at radius 3 is 2.22 bits per heavy atom. The number of hydrogen-bond acceptors (Lipinski definition) is 4. The van der Waals surface area contributed by atoms with Gasteiger partial charge in [0.2, 0.25) is 0 Å². The molecule has 32 heavy (non-hydrogen) atoms. The van der Waals surface area contributed by atoms with Gasteiger partial charge in [0.1, 0.15) is 11.6 Å². The monoisotopic (exact) mass is 481 g/mol. The van der Waals surface area contributed by atoms with E-state index in [2.05, 4.69) is 5.32 Å². The lowest BCUT2D eigenvalue weighted by Gasteiger charge is -2.20. The average molecular weight is 483 g/mol. The predicted octanol–water partition coefficient (Wildman–Crippen LogP) is 8.13. The summed E-state index contributed by atoms with van der Waals surface area (Å²) in [7, 11) is 1.57. The summed E-state index contributed by atoms with van der Waals surface area (Å²) in [6.45, 7) is 0. The van der Waals surface area contributed by atoms with E-state index >= 15 is 0 Å². The number of pyridine rings is 1. The standard InChI is InChI=1S/C25H18Cl3N3O/c1-32-24-20(14-29)25(30-18-5-3-2-4-6-18)31-23(19-12-11-17(27)13-21(19)28)22(24)15-7-9-16(26)10-8-15/h2-14,29H,1H3,(H,30,31). The van der Waals surface area contributed by atoms with Gasteiger partial charge in [0.05, 0.1) is 29.0 Å². The van der Waals surface area contributed by atoms with Gasteiger partial charge < -0.3 is 15.5 Å². The molecule has 0 radical (unpaired) electrons. The minimum atomic E-state index is 0.454. The zero-order valence-electron chi connectivity index (χ0n) is 17.0. The lowest BCUT2D eigenvalue weighted by Crippen LogP contribution is -2.06. The van der Waals surface area contributed by atoms with E-state index < -0.39 is 0 Å². The third-order valence-corrected chi connectivity index (χ3v) is 5.69. The van der Waals surface area contributed by atoms with E-state index in [0.717, 1.165) is 11.3 Å². The van der Waals surface area contributed by atoms with Crippen LogP contribution in [0.1, 0.15) is 5.56 Å². The lowest BCUT2D eigenvalue weighted by atomic mass is 9.96. The highest BCUT2D eigenvalue weighted by atomic mass is 35.5. The van der Waals surface area contributed by atoms with Crippen LogP contribution in [0.5, 0.6) is 5.75 Å². The Kier molecular flexibility index (Phi) is 6.66. The number of hydrogen-bond donors (Lipinski definition) is 2. The Bertz CT molecular complexity index is 1280. The van der Waals surface area contributed by atoms with Gasteiger partial charge in [-0.15, -0.1) is 0 Å². The number of benzene rings is 3. The first-order valence-corrected chi connectivity index (χ1v) is 10.8. The molecule has 0 spiro atoms. The molecule has 2 N–H and O–H groups in total. The molecule has 4 nitrogen and oxygen atoms in total. The maximum absolute atomic E-state index is 8.08. The smallest absolute Gasteiger partial charge is 0.143 e. The zero-order chi connectivity index (χ0) is 22.7. The normalized spacial score (nSPS) is 10.6. The van der Waals surface area contributed by atoms with Crippen LogP contribution in [0, 0.1) is 5.41 Å². The van der Waals surface area contributed by atoms with Crippen molar-refractivity contribution in [2.45, 2.75) is 0 Å². The van der Waals surface area contributed by atoms with Crippen LogP contribution >= 0.6 is 34.8 Å². The SMILES string of the molecule is COc1c(C=N)c(Nc2ccccc2)nc(-c2ccc(Cl)cc2Cl)c1-c1ccc(Cl)cc1. The van der Waals surface area contributed by atoms with Gasteiger partial charge >= 0.3 is 0 Å². The van der Waals surface area contributed by atoms with Crippen molar-refractivity contribution >= 4 is 52.5 Å². The van der Waals surface area contributed by atoms with Crippen molar-refractivity contribution in [2.75, 3.05) is 12.4 Å². The van der Waals surface area contributed by atoms with E-state index in [9.17, 15) is 0 Å². The third kappa shape index (κ3) is 4.44. The van der Waals surface area contributed by atoms with Gasteiger partial charge in [-0.05, 0) is 48.0 Å². The summed E-state index contributed by atoms with van der Waals surface area (Å²) in [6, 6.07) is 22.2. The fourth-order valence-electron chi connectivity index (χ4n) is 3.44. The maximum atomic E-state index is 8.08. The highest BCUT2D eigenvalue weighted by Crippen LogP contribution is 2.45. The zero-order valence-corrected chi connectivity index (χ0v) is 19.3. The molecule has 1 aromatic heterocycles. The fraction of sp³-hybridized carbons (Fsp3) is 0.0400. The third-order valence-electron chi connectivity index (χ3n) is 4.89. The Balaban J connectivity index is 2.04. The van der Waals surface area contributed by atoms with Crippen molar-refractivity contribution in [3.63, 3.8) is 0 Å². The van der Waals surface area contributed by atoms with E-state index in [-0.39, 0.29) is 0 Å². The van der Waals surface area contributed by atoms with Gasteiger partial charge in [-0.2, -0.15) is 0 Å². The second-order valence-electron chi connectivity index (χ2n) is 6.90. The summed E-state index contributed by atoms with van der Waals surface area (Å²) in [4.78, 5) is 4.90. The van der Waals surface area contributed by atoms with Crippen molar-refractivity contribution in [3.8, 4) is 28.1 Å². The molecular weight excluding hydrogens is 465 g/mol. The van der Waals surface area contributed by atoms with Crippen LogP contribution in [0.4, 0.5) is 11.5 Å². The van der Waals surface area contributed by atoms with Gasteiger partial charge in [-0.3, -0.25) is 0 Å². The summed E-state index contributed by atoms with van der Waals surface area (Å²) in [5.74, 6) is 0.971. The topological polar surface area (TPSA) is 58.0 Å². The van der Waals surface area contributed by atoms with Gasteiger partial charge in [0, 0.05) is 27.5 Å².